The molecule has 0 aliphatic heterocycles. The lowest BCUT2D eigenvalue weighted by molar-refractivity contribution is 0.781. The van der Waals surface area contributed by atoms with Crippen molar-refractivity contribution in [3.05, 3.63) is 36.0 Å². The van der Waals surface area contributed by atoms with E-state index in [9.17, 15) is 0 Å². The second-order valence-electron chi connectivity index (χ2n) is 3.24. The first-order valence-electron chi connectivity index (χ1n) is 4.61. The molecular formula is C11H14N2. The van der Waals surface area contributed by atoms with Crippen molar-refractivity contribution in [1.82, 2.24) is 10.3 Å². The minimum absolute atomic E-state index is 1.02. The minimum atomic E-state index is 1.02. The molecule has 1 aromatic heterocycles. The van der Waals surface area contributed by atoms with Gasteiger partial charge in [0.25, 0.3) is 0 Å². The standard InChI is InChI=1S/C11H14N2/c1-12-7-6-10-8-9-4-2-3-5-11(9)13-10/h2-5,8,12-13H,6-7H2,1H3. The van der Waals surface area contributed by atoms with Gasteiger partial charge in [-0.1, -0.05) is 18.2 Å². The SMILES string of the molecule is CNCCc1cc2ccccc2[nH]1. The zero-order chi connectivity index (χ0) is 9.10. The normalized spacial score (nSPS) is 10.8. The first-order chi connectivity index (χ1) is 6.40. The van der Waals surface area contributed by atoms with Crippen LogP contribution in [-0.4, -0.2) is 18.6 Å². The lowest BCUT2D eigenvalue weighted by atomic mass is 10.2. The van der Waals surface area contributed by atoms with E-state index in [2.05, 4.69) is 40.6 Å². The van der Waals surface area contributed by atoms with Gasteiger partial charge < -0.3 is 10.3 Å². The van der Waals surface area contributed by atoms with Crippen molar-refractivity contribution in [2.75, 3.05) is 13.6 Å². The summed E-state index contributed by atoms with van der Waals surface area (Å²) in [5.41, 5.74) is 2.53. The molecule has 0 radical (unpaired) electrons. The van der Waals surface area contributed by atoms with Gasteiger partial charge in [0.15, 0.2) is 0 Å². The first kappa shape index (κ1) is 8.32. The highest BCUT2D eigenvalue weighted by atomic mass is 14.8. The Hall–Kier alpha value is -1.28. The number of para-hydroxylation sites is 1. The summed E-state index contributed by atoms with van der Waals surface area (Å²) in [6.07, 6.45) is 1.06. The highest BCUT2D eigenvalue weighted by Gasteiger charge is 1.97. The van der Waals surface area contributed by atoms with Crippen molar-refractivity contribution >= 4 is 10.9 Å². The number of likely N-dealkylation sites (N-methyl/N-ethyl adjacent to an activating group) is 1. The van der Waals surface area contributed by atoms with Gasteiger partial charge in [-0.3, -0.25) is 0 Å². The Bertz CT molecular complexity index is 357. The molecule has 0 bridgehead atoms. The molecule has 0 atom stereocenters. The number of aromatic nitrogens is 1. The number of rotatable bonds is 3. The molecule has 0 saturated carbocycles. The van der Waals surface area contributed by atoms with E-state index in [-0.39, 0.29) is 0 Å². The van der Waals surface area contributed by atoms with Crippen LogP contribution in [-0.2, 0) is 6.42 Å². The molecule has 0 fully saturated rings. The van der Waals surface area contributed by atoms with Crippen LogP contribution < -0.4 is 5.32 Å². The van der Waals surface area contributed by atoms with Crippen LogP contribution in [0.25, 0.3) is 10.9 Å². The largest absolute Gasteiger partial charge is 0.358 e. The van der Waals surface area contributed by atoms with Crippen LogP contribution in [0, 0.1) is 0 Å². The molecular weight excluding hydrogens is 160 g/mol. The Morgan fingerprint density at radius 2 is 2.15 bits per heavy atom. The fourth-order valence-electron chi connectivity index (χ4n) is 1.53. The minimum Gasteiger partial charge on any atom is -0.358 e. The maximum atomic E-state index is 3.39. The highest BCUT2D eigenvalue weighted by Crippen LogP contribution is 2.14. The molecule has 0 amide bonds. The number of nitrogens with one attached hydrogen (secondary N) is 2. The van der Waals surface area contributed by atoms with Crippen molar-refractivity contribution in [3.63, 3.8) is 0 Å². The number of fused-ring (bicyclic) bond motifs is 1. The molecule has 0 aliphatic carbocycles. The predicted molar refractivity (Wildman–Crippen MR) is 55.9 cm³/mol. The van der Waals surface area contributed by atoms with E-state index in [1.54, 1.807) is 0 Å². The molecule has 2 N–H and O–H groups in total. The van der Waals surface area contributed by atoms with Crippen molar-refractivity contribution in [2.24, 2.45) is 0 Å². The summed E-state index contributed by atoms with van der Waals surface area (Å²) in [6.45, 7) is 1.02. The number of aromatic amines is 1. The Morgan fingerprint density at radius 3 is 2.92 bits per heavy atom. The second kappa shape index (κ2) is 3.62. The maximum Gasteiger partial charge on any atom is 0.0456 e. The summed E-state index contributed by atoms with van der Waals surface area (Å²) in [5, 5.41) is 4.44. The van der Waals surface area contributed by atoms with Gasteiger partial charge in [0.1, 0.15) is 0 Å². The molecule has 0 spiro atoms. The molecule has 2 nitrogen and oxygen atoms in total. The molecule has 0 unspecified atom stereocenters. The van der Waals surface area contributed by atoms with E-state index in [0.717, 1.165) is 13.0 Å². The average molecular weight is 174 g/mol. The molecule has 1 aromatic carbocycles. The Kier molecular flexibility index (Phi) is 2.32. The van der Waals surface area contributed by atoms with E-state index in [0.29, 0.717) is 0 Å². The van der Waals surface area contributed by atoms with Gasteiger partial charge in [-0.15, -0.1) is 0 Å². The Labute approximate surface area is 78.0 Å². The molecule has 2 heteroatoms. The number of H-pyrrole nitrogens is 1. The zero-order valence-electron chi connectivity index (χ0n) is 7.80. The first-order valence-corrected chi connectivity index (χ1v) is 4.61. The van der Waals surface area contributed by atoms with E-state index in [1.807, 2.05) is 7.05 Å². The van der Waals surface area contributed by atoms with E-state index in [4.69, 9.17) is 0 Å². The van der Waals surface area contributed by atoms with Crippen LogP contribution in [0.4, 0.5) is 0 Å². The fraction of sp³-hybridized carbons (Fsp3) is 0.273. The van der Waals surface area contributed by atoms with Gasteiger partial charge in [-0.05, 0) is 31.0 Å². The monoisotopic (exact) mass is 174 g/mol. The van der Waals surface area contributed by atoms with Crippen LogP contribution in [0.1, 0.15) is 5.69 Å². The van der Waals surface area contributed by atoms with Crippen LogP contribution in [0.2, 0.25) is 0 Å². The topological polar surface area (TPSA) is 27.8 Å². The molecule has 2 aromatic rings. The molecule has 13 heavy (non-hydrogen) atoms. The van der Waals surface area contributed by atoms with Crippen molar-refractivity contribution in [1.29, 1.82) is 0 Å². The number of hydrogen-bond donors (Lipinski definition) is 2. The van der Waals surface area contributed by atoms with Crippen LogP contribution in [0.3, 0.4) is 0 Å². The summed E-state index contributed by atoms with van der Waals surface area (Å²) in [5.74, 6) is 0. The predicted octanol–water partition coefficient (Wildman–Crippen LogP) is 1.93. The van der Waals surface area contributed by atoms with Crippen molar-refractivity contribution in [3.8, 4) is 0 Å². The molecule has 68 valence electrons. The van der Waals surface area contributed by atoms with Crippen LogP contribution in [0.15, 0.2) is 30.3 Å². The Morgan fingerprint density at radius 1 is 1.31 bits per heavy atom. The van der Waals surface area contributed by atoms with E-state index >= 15 is 0 Å². The smallest absolute Gasteiger partial charge is 0.0456 e. The molecule has 2 rings (SSSR count). The molecule has 0 saturated heterocycles. The summed E-state index contributed by atoms with van der Waals surface area (Å²) < 4.78 is 0. The van der Waals surface area contributed by atoms with E-state index in [1.165, 1.54) is 16.6 Å². The van der Waals surface area contributed by atoms with Gasteiger partial charge in [-0.25, -0.2) is 0 Å². The van der Waals surface area contributed by atoms with Gasteiger partial charge in [0.05, 0.1) is 0 Å². The van der Waals surface area contributed by atoms with Crippen molar-refractivity contribution < 1.29 is 0 Å². The van der Waals surface area contributed by atoms with E-state index < -0.39 is 0 Å². The highest BCUT2D eigenvalue weighted by molar-refractivity contribution is 5.80. The molecule has 1 heterocycles. The molecule has 0 aliphatic rings. The van der Waals surface area contributed by atoms with Gasteiger partial charge in [-0.2, -0.15) is 0 Å². The third-order valence-corrected chi connectivity index (χ3v) is 2.23. The van der Waals surface area contributed by atoms with Gasteiger partial charge in [0, 0.05) is 17.8 Å². The lowest BCUT2D eigenvalue weighted by Crippen LogP contribution is -2.10. The summed E-state index contributed by atoms with van der Waals surface area (Å²) >= 11 is 0. The van der Waals surface area contributed by atoms with Crippen LogP contribution >= 0.6 is 0 Å². The Balaban J connectivity index is 2.28. The van der Waals surface area contributed by atoms with Crippen molar-refractivity contribution in [2.45, 2.75) is 6.42 Å². The zero-order valence-corrected chi connectivity index (χ0v) is 7.80. The summed E-state index contributed by atoms with van der Waals surface area (Å²) in [6, 6.07) is 10.6. The third kappa shape index (κ3) is 1.73. The summed E-state index contributed by atoms with van der Waals surface area (Å²) in [4.78, 5) is 3.39. The maximum absolute atomic E-state index is 3.39. The number of benzene rings is 1. The number of hydrogen-bond acceptors (Lipinski definition) is 1. The van der Waals surface area contributed by atoms with Gasteiger partial charge >= 0.3 is 0 Å². The average Bonchev–Trinajstić information content (AvgIpc) is 2.57. The van der Waals surface area contributed by atoms with Gasteiger partial charge in [0.2, 0.25) is 0 Å². The fourth-order valence-corrected chi connectivity index (χ4v) is 1.53. The van der Waals surface area contributed by atoms with Crippen LogP contribution in [0.5, 0.6) is 0 Å². The lowest BCUT2D eigenvalue weighted by Gasteiger charge is -1.94. The summed E-state index contributed by atoms with van der Waals surface area (Å²) in [7, 11) is 1.97. The third-order valence-electron chi connectivity index (χ3n) is 2.23. The quantitative estimate of drug-likeness (QED) is 0.731. The second-order valence-corrected chi connectivity index (χ2v) is 3.24.